The molecular weight excluding hydrogens is 288 g/mol. The molecule has 23 heavy (non-hydrogen) atoms. The van der Waals surface area contributed by atoms with Gasteiger partial charge in [0.25, 0.3) is 0 Å². The average Bonchev–Trinajstić information content (AvgIpc) is 2.51. The van der Waals surface area contributed by atoms with Gasteiger partial charge in [-0.2, -0.15) is 0 Å². The summed E-state index contributed by atoms with van der Waals surface area (Å²) in [4.78, 5) is 10.3. The van der Waals surface area contributed by atoms with Crippen molar-refractivity contribution >= 4 is 5.97 Å². The predicted molar refractivity (Wildman–Crippen MR) is 97.5 cm³/mol. The van der Waals surface area contributed by atoms with E-state index in [4.69, 9.17) is 5.11 Å². The Kier molecular flexibility index (Phi) is 16.0. The van der Waals surface area contributed by atoms with Gasteiger partial charge in [0.05, 0.1) is 6.10 Å². The van der Waals surface area contributed by atoms with E-state index in [0.29, 0.717) is 6.42 Å². The monoisotopic (exact) mass is 322 g/mol. The molecule has 0 aromatic heterocycles. The molecule has 0 aliphatic carbocycles. The highest BCUT2D eigenvalue weighted by molar-refractivity contribution is 5.66. The summed E-state index contributed by atoms with van der Waals surface area (Å²) in [6.45, 7) is 2.18. The first-order valence-electron chi connectivity index (χ1n) is 9.01. The molecule has 0 saturated heterocycles. The molecule has 132 valence electrons. The minimum Gasteiger partial charge on any atom is -0.481 e. The largest absolute Gasteiger partial charge is 0.481 e. The van der Waals surface area contributed by atoms with E-state index in [1.165, 1.54) is 12.8 Å². The van der Waals surface area contributed by atoms with Crippen molar-refractivity contribution in [2.45, 2.75) is 83.7 Å². The molecular formula is C20H34O3. The van der Waals surface area contributed by atoms with Crippen LogP contribution in [0.15, 0.2) is 36.5 Å². The van der Waals surface area contributed by atoms with Crippen LogP contribution in [0.3, 0.4) is 0 Å². The van der Waals surface area contributed by atoms with Gasteiger partial charge in [0, 0.05) is 6.42 Å². The summed E-state index contributed by atoms with van der Waals surface area (Å²) in [6.07, 6.45) is 22.4. The maximum absolute atomic E-state index is 10.3. The van der Waals surface area contributed by atoms with Gasteiger partial charge in [-0.1, -0.05) is 62.6 Å². The van der Waals surface area contributed by atoms with Crippen LogP contribution in [0.4, 0.5) is 0 Å². The van der Waals surface area contributed by atoms with Gasteiger partial charge < -0.3 is 10.2 Å². The zero-order chi connectivity index (χ0) is 17.2. The number of allylic oxidation sites excluding steroid dienone is 6. The normalized spacial score (nSPS) is 13.5. The number of carboxylic acids is 1. The van der Waals surface area contributed by atoms with E-state index in [0.717, 1.165) is 44.9 Å². The van der Waals surface area contributed by atoms with E-state index < -0.39 is 5.97 Å². The van der Waals surface area contributed by atoms with Gasteiger partial charge in [0.1, 0.15) is 0 Å². The molecule has 0 rings (SSSR count). The fourth-order valence-corrected chi connectivity index (χ4v) is 2.21. The molecule has 1 atom stereocenters. The van der Waals surface area contributed by atoms with Crippen LogP contribution in [-0.4, -0.2) is 22.3 Å². The van der Waals surface area contributed by atoms with E-state index in [1.807, 2.05) is 6.08 Å². The fraction of sp³-hybridized carbons (Fsp3) is 0.650. The van der Waals surface area contributed by atoms with Crippen LogP contribution < -0.4 is 0 Å². The molecule has 0 amide bonds. The Bertz CT molecular complexity index is 356. The van der Waals surface area contributed by atoms with Gasteiger partial charge >= 0.3 is 5.97 Å². The van der Waals surface area contributed by atoms with Crippen LogP contribution in [0.2, 0.25) is 0 Å². The molecule has 0 aliphatic rings. The van der Waals surface area contributed by atoms with Crippen LogP contribution in [0.5, 0.6) is 0 Å². The molecule has 1 unspecified atom stereocenters. The first kappa shape index (κ1) is 21.6. The number of aliphatic hydroxyl groups is 1. The van der Waals surface area contributed by atoms with E-state index in [1.54, 1.807) is 0 Å². The van der Waals surface area contributed by atoms with Crippen molar-refractivity contribution in [2.75, 3.05) is 0 Å². The van der Waals surface area contributed by atoms with E-state index in [9.17, 15) is 9.90 Å². The van der Waals surface area contributed by atoms with Crippen LogP contribution in [0.1, 0.15) is 77.6 Å². The lowest BCUT2D eigenvalue weighted by atomic mass is 10.1. The molecule has 0 aliphatic heterocycles. The van der Waals surface area contributed by atoms with Crippen molar-refractivity contribution in [3.05, 3.63) is 36.5 Å². The lowest BCUT2D eigenvalue weighted by Gasteiger charge is -2.07. The Labute approximate surface area is 141 Å². The first-order valence-corrected chi connectivity index (χ1v) is 9.01. The summed E-state index contributed by atoms with van der Waals surface area (Å²) in [5, 5.41) is 18.3. The highest BCUT2D eigenvalue weighted by Crippen LogP contribution is 2.08. The van der Waals surface area contributed by atoms with Gasteiger partial charge in [0.15, 0.2) is 0 Å². The lowest BCUT2D eigenvalue weighted by molar-refractivity contribution is -0.137. The number of carboxylic acid groups (broad SMARTS) is 1. The van der Waals surface area contributed by atoms with Crippen LogP contribution in [-0.2, 0) is 4.79 Å². The zero-order valence-electron chi connectivity index (χ0n) is 14.6. The molecule has 0 fully saturated rings. The molecule has 0 aromatic rings. The lowest BCUT2D eigenvalue weighted by Crippen LogP contribution is -2.05. The minimum absolute atomic E-state index is 0.145. The van der Waals surface area contributed by atoms with Gasteiger partial charge in [-0.3, -0.25) is 4.79 Å². The SMILES string of the molecule is CCCCCC(O)CC/C=C/C/C=C/C/C=C/CCCC(=O)O. The molecule has 3 nitrogen and oxygen atoms in total. The topological polar surface area (TPSA) is 57.5 Å². The number of aliphatic hydroxyl groups excluding tert-OH is 1. The van der Waals surface area contributed by atoms with Gasteiger partial charge in [-0.15, -0.1) is 0 Å². The second kappa shape index (κ2) is 17.0. The Balaban J connectivity index is 3.44. The van der Waals surface area contributed by atoms with Crippen molar-refractivity contribution in [3.63, 3.8) is 0 Å². The highest BCUT2D eigenvalue weighted by Gasteiger charge is 2.01. The molecule has 3 heteroatoms. The smallest absolute Gasteiger partial charge is 0.303 e. The first-order chi connectivity index (χ1) is 11.2. The zero-order valence-corrected chi connectivity index (χ0v) is 14.6. The standard InChI is InChI=1S/C20H34O3/c1-2-3-13-16-19(21)17-14-11-9-7-5-4-6-8-10-12-15-18-20(22)23/h4-5,8-11,19,21H,2-3,6-7,12-18H2,1H3,(H,22,23)/b5-4+,10-8+,11-9+. The fourth-order valence-electron chi connectivity index (χ4n) is 2.21. The summed E-state index contributed by atoms with van der Waals surface area (Å²) < 4.78 is 0. The molecule has 0 aromatic carbocycles. The third-order valence-corrected chi connectivity index (χ3v) is 3.61. The van der Waals surface area contributed by atoms with Crippen LogP contribution in [0.25, 0.3) is 0 Å². The summed E-state index contributed by atoms with van der Waals surface area (Å²) in [5.74, 6) is -0.724. The molecule has 2 N–H and O–H groups in total. The number of hydrogen-bond donors (Lipinski definition) is 2. The number of unbranched alkanes of at least 4 members (excludes halogenated alkanes) is 3. The summed E-state index contributed by atoms with van der Waals surface area (Å²) >= 11 is 0. The van der Waals surface area contributed by atoms with Gasteiger partial charge in [-0.25, -0.2) is 0 Å². The number of hydrogen-bond acceptors (Lipinski definition) is 2. The summed E-state index contributed by atoms with van der Waals surface area (Å²) in [6, 6.07) is 0. The molecule has 0 saturated carbocycles. The molecule has 0 radical (unpaired) electrons. The quantitative estimate of drug-likeness (QED) is 0.313. The van der Waals surface area contributed by atoms with Crippen molar-refractivity contribution in [2.24, 2.45) is 0 Å². The maximum Gasteiger partial charge on any atom is 0.303 e. The van der Waals surface area contributed by atoms with Crippen molar-refractivity contribution in [3.8, 4) is 0 Å². The third-order valence-electron chi connectivity index (χ3n) is 3.61. The van der Waals surface area contributed by atoms with Gasteiger partial charge in [0.2, 0.25) is 0 Å². The third kappa shape index (κ3) is 18.6. The predicted octanol–water partition coefficient (Wildman–Crippen LogP) is 5.41. The Hall–Kier alpha value is -1.35. The number of aliphatic carboxylic acids is 1. The van der Waals surface area contributed by atoms with E-state index >= 15 is 0 Å². The van der Waals surface area contributed by atoms with Crippen LogP contribution in [0, 0.1) is 0 Å². The van der Waals surface area contributed by atoms with Gasteiger partial charge in [-0.05, 0) is 44.9 Å². The number of rotatable bonds is 15. The molecule has 0 bridgehead atoms. The van der Waals surface area contributed by atoms with Crippen molar-refractivity contribution < 1.29 is 15.0 Å². The molecule has 0 spiro atoms. The second-order valence-electron chi connectivity index (χ2n) is 5.90. The Morgan fingerprint density at radius 1 is 0.870 bits per heavy atom. The summed E-state index contributed by atoms with van der Waals surface area (Å²) in [7, 11) is 0. The maximum atomic E-state index is 10.3. The number of carbonyl (C=O) groups is 1. The van der Waals surface area contributed by atoms with Crippen molar-refractivity contribution in [1.29, 1.82) is 0 Å². The Morgan fingerprint density at radius 3 is 2.09 bits per heavy atom. The minimum atomic E-state index is -0.724. The molecule has 0 heterocycles. The summed E-state index contributed by atoms with van der Waals surface area (Å²) in [5.41, 5.74) is 0. The highest BCUT2D eigenvalue weighted by atomic mass is 16.4. The van der Waals surface area contributed by atoms with Crippen LogP contribution >= 0.6 is 0 Å². The van der Waals surface area contributed by atoms with Crippen molar-refractivity contribution in [1.82, 2.24) is 0 Å². The second-order valence-corrected chi connectivity index (χ2v) is 5.90. The Morgan fingerprint density at radius 2 is 1.48 bits per heavy atom. The van der Waals surface area contributed by atoms with E-state index in [2.05, 4.69) is 37.3 Å². The van der Waals surface area contributed by atoms with E-state index in [-0.39, 0.29) is 12.5 Å². The average molecular weight is 322 g/mol.